The average Bonchev–Trinajstić information content (AvgIpc) is 2.21. The first kappa shape index (κ1) is 12.4. The third-order valence-electron chi connectivity index (χ3n) is 5.52. The molecule has 3 aliphatic rings. The Morgan fingerprint density at radius 3 is 2.44 bits per heavy atom. The molecule has 3 aliphatic carbocycles. The summed E-state index contributed by atoms with van der Waals surface area (Å²) in [5, 5.41) is 9.70. The Morgan fingerprint density at radius 2 is 2.00 bits per heavy atom. The minimum absolute atomic E-state index is 0.113. The zero-order valence-corrected chi connectivity index (χ0v) is 11.3. The largest absolute Gasteiger partial charge is 0.454 e. The van der Waals surface area contributed by atoms with Crippen LogP contribution < -0.4 is 0 Å². The lowest BCUT2D eigenvalue weighted by atomic mass is 9.42. The molecule has 3 heteroatoms. The summed E-state index contributed by atoms with van der Waals surface area (Å²) >= 11 is 0. The quantitative estimate of drug-likeness (QED) is 0.747. The Labute approximate surface area is 99.9 Å². The minimum atomic E-state index is -0.590. The summed E-state index contributed by atoms with van der Waals surface area (Å²) in [6.45, 7) is 11.2. The topological polar surface area (TPSA) is 29.5 Å². The highest BCUT2D eigenvalue weighted by molar-refractivity contribution is 6.42. The number of hydrogen-bond donors (Lipinski definition) is 1. The maximum Gasteiger partial charge on any atom is 0.454 e. The molecular formula is C13H25BO2. The van der Waals surface area contributed by atoms with Crippen molar-refractivity contribution >= 4 is 7.12 Å². The monoisotopic (exact) mass is 224 g/mol. The molecule has 3 fully saturated rings. The summed E-state index contributed by atoms with van der Waals surface area (Å²) in [7, 11) is -0.590. The first-order chi connectivity index (χ1) is 7.31. The van der Waals surface area contributed by atoms with E-state index in [2.05, 4.69) is 27.7 Å². The van der Waals surface area contributed by atoms with E-state index in [0.717, 1.165) is 18.3 Å². The second-order valence-electron chi connectivity index (χ2n) is 6.65. The standard InChI is InChI=1S/C13H25BO2/c1-6-14(15)16-13(5)8-10-7-11(9(13)2)12(10,3)4/h9-11,15H,6-8H2,1-5H3/t9-,10-,11?,13+/m1/s1. The zero-order valence-electron chi connectivity index (χ0n) is 11.3. The van der Waals surface area contributed by atoms with Crippen molar-refractivity contribution in [3.63, 3.8) is 0 Å². The van der Waals surface area contributed by atoms with Crippen LogP contribution in [0.1, 0.15) is 47.5 Å². The van der Waals surface area contributed by atoms with E-state index in [9.17, 15) is 5.02 Å². The lowest BCUT2D eigenvalue weighted by Crippen LogP contribution is -2.62. The Kier molecular flexibility index (Phi) is 2.91. The van der Waals surface area contributed by atoms with E-state index in [1.165, 1.54) is 6.42 Å². The molecule has 2 bridgehead atoms. The van der Waals surface area contributed by atoms with E-state index in [-0.39, 0.29) is 5.60 Å². The number of hydrogen-bond acceptors (Lipinski definition) is 2. The Morgan fingerprint density at radius 1 is 1.38 bits per heavy atom. The van der Waals surface area contributed by atoms with E-state index >= 15 is 0 Å². The van der Waals surface area contributed by atoms with Gasteiger partial charge in [-0.15, -0.1) is 0 Å². The van der Waals surface area contributed by atoms with Gasteiger partial charge in [0.1, 0.15) is 0 Å². The van der Waals surface area contributed by atoms with Crippen molar-refractivity contribution in [3.8, 4) is 0 Å². The smallest absolute Gasteiger partial charge is 0.427 e. The maximum atomic E-state index is 9.70. The van der Waals surface area contributed by atoms with Crippen LogP contribution in [0.5, 0.6) is 0 Å². The molecule has 3 rings (SSSR count). The van der Waals surface area contributed by atoms with Crippen LogP contribution in [0, 0.1) is 23.2 Å². The zero-order chi connectivity index (χ0) is 12.1. The van der Waals surface area contributed by atoms with E-state index in [1.807, 2.05) is 6.92 Å². The molecular weight excluding hydrogens is 199 g/mol. The van der Waals surface area contributed by atoms with E-state index in [0.29, 0.717) is 17.7 Å². The van der Waals surface area contributed by atoms with Crippen molar-refractivity contribution in [2.45, 2.75) is 59.4 Å². The van der Waals surface area contributed by atoms with E-state index in [1.54, 1.807) is 0 Å². The van der Waals surface area contributed by atoms with Gasteiger partial charge < -0.3 is 9.68 Å². The third kappa shape index (κ3) is 1.63. The highest BCUT2D eigenvalue weighted by Crippen LogP contribution is 2.64. The molecule has 92 valence electrons. The molecule has 16 heavy (non-hydrogen) atoms. The second-order valence-corrected chi connectivity index (χ2v) is 6.65. The van der Waals surface area contributed by atoms with Crippen molar-refractivity contribution < 1.29 is 9.68 Å². The van der Waals surface area contributed by atoms with Crippen LogP contribution in [0.3, 0.4) is 0 Å². The molecule has 0 radical (unpaired) electrons. The predicted octanol–water partition coefficient (Wildman–Crippen LogP) is 2.96. The molecule has 0 heterocycles. The molecule has 1 N–H and O–H groups in total. The van der Waals surface area contributed by atoms with Crippen LogP contribution in [0.4, 0.5) is 0 Å². The van der Waals surface area contributed by atoms with Gasteiger partial charge in [0.25, 0.3) is 0 Å². The van der Waals surface area contributed by atoms with Crippen molar-refractivity contribution in [2.75, 3.05) is 0 Å². The van der Waals surface area contributed by atoms with Gasteiger partial charge >= 0.3 is 7.12 Å². The van der Waals surface area contributed by atoms with Crippen LogP contribution in [-0.4, -0.2) is 17.7 Å². The Hall–Kier alpha value is -0.0151. The minimum Gasteiger partial charge on any atom is -0.427 e. The molecule has 0 saturated heterocycles. The summed E-state index contributed by atoms with van der Waals surface area (Å²) < 4.78 is 5.89. The van der Waals surface area contributed by atoms with Gasteiger partial charge in [0.05, 0.1) is 5.60 Å². The molecule has 0 spiro atoms. The number of rotatable bonds is 3. The van der Waals surface area contributed by atoms with E-state index < -0.39 is 7.12 Å². The second kappa shape index (κ2) is 3.74. The van der Waals surface area contributed by atoms with Gasteiger partial charge in [0.2, 0.25) is 0 Å². The van der Waals surface area contributed by atoms with E-state index in [4.69, 9.17) is 4.65 Å². The van der Waals surface area contributed by atoms with Crippen LogP contribution in [0.2, 0.25) is 6.32 Å². The van der Waals surface area contributed by atoms with Gasteiger partial charge in [-0.2, -0.15) is 0 Å². The molecule has 2 nitrogen and oxygen atoms in total. The van der Waals surface area contributed by atoms with Gasteiger partial charge in [-0.3, -0.25) is 0 Å². The maximum absolute atomic E-state index is 9.70. The fraction of sp³-hybridized carbons (Fsp3) is 1.00. The lowest BCUT2D eigenvalue weighted by Gasteiger charge is -2.65. The molecule has 4 atom stereocenters. The van der Waals surface area contributed by atoms with Crippen LogP contribution >= 0.6 is 0 Å². The normalized spacial score (nSPS) is 45.0. The predicted molar refractivity (Wildman–Crippen MR) is 67.1 cm³/mol. The summed E-state index contributed by atoms with van der Waals surface area (Å²) in [4.78, 5) is 0. The summed E-state index contributed by atoms with van der Waals surface area (Å²) in [5.74, 6) is 2.09. The van der Waals surface area contributed by atoms with Crippen LogP contribution in [0.15, 0.2) is 0 Å². The highest BCUT2D eigenvalue weighted by Gasteiger charge is 2.60. The fourth-order valence-corrected chi connectivity index (χ4v) is 3.90. The van der Waals surface area contributed by atoms with Crippen LogP contribution in [0.25, 0.3) is 0 Å². The lowest BCUT2D eigenvalue weighted by molar-refractivity contribution is -0.193. The van der Waals surface area contributed by atoms with Gasteiger partial charge in [-0.25, -0.2) is 0 Å². The Bertz CT molecular complexity index is 279. The molecule has 0 aromatic rings. The SMILES string of the molecule is CCB(O)O[C@@]1(C)C[C@H]2CC([C@H]1C)C2(C)C. The summed E-state index contributed by atoms with van der Waals surface area (Å²) in [6, 6.07) is 0. The number of fused-ring (bicyclic) bond motifs is 2. The summed E-state index contributed by atoms with van der Waals surface area (Å²) in [6.07, 6.45) is 3.14. The molecule has 0 aromatic heterocycles. The third-order valence-corrected chi connectivity index (χ3v) is 5.52. The first-order valence-electron chi connectivity index (χ1n) is 6.67. The molecule has 3 saturated carbocycles. The van der Waals surface area contributed by atoms with Gasteiger partial charge in [-0.1, -0.05) is 27.7 Å². The van der Waals surface area contributed by atoms with Crippen molar-refractivity contribution in [2.24, 2.45) is 23.2 Å². The molecule has 0 amide bonds. The Balaban J connectivity index is 2.09. The first-order valence-corrected chi connectivity index (χ1v) is 6.67. The van der Waals surface area contributed by atoms with Gasteiger partial charge in [0, 0.05) is 0 Å². The summed E-state index contributed by atoms with van der Waals surface area (Å²) in [5.41, 5.74) is 0.373. The highest BCUT2D eigenvalue weighted by atomic mass is 16.5. The molecule has 0 aromatic carbocycles. The molecule has 1 unspecified atom stereocenters. The van der Waals surface area contributed by atoms with Gasteiger partial charge in [0.15, 0.2) is 0 Å². The van der Waals surface area contributed by atoms with Crippen molar-refractivity contribution in [1.29, 1.82) is 0 Å². The van der Waals surface area contributed by atoms with Gasteiger partial charge in [-0.05, 0) is 49.3 Å². The molecule has 0 aliphatic heterocycles. The van der Waals surface area contributed by atoms with Crippen molar-refractivity contribution in [1.82, 2.24) is 0 Å². The van der Waals surface area contributed by atoms with Crippen molar-refractivity contribution in [3.05, 3.63) is 0 Å². The van der Waals surface area contributed by atoms with Crippen LogP contribution in [-0.2, 0) is 4.65 Å². The fourth-order valence-electron chi connectivity index (χ4n) is 3.90. The average molecular weight is 224 g/mol.